The highest BCUT2D eigenvalue weighted by molar-refractivity contribution is 6.76. The predicted octanol–water partition coefficient (Wildman–Crippen LogP) is 4.74. The standard InChI is InChI=1S/C23H23ClN4O4Si/c1-33(2,3)9-8-31-13-27-18-6-5-16(10-14(18)12-25-27)28-20-17-11-15(24)4-7-19(17)32-21(20)22(29)26-23(28)30/h4-7,10-12H,8-9,13H2,1-3H3,(H,26,29,30). The number of aromatic amines is 1. The lowest BCUT2D eigenvalue weighted by Gasteiger charge is -2.15. The van der Waals surface area contributed by atoms with Crippen LogP contribution in [-0.2, 0) is 11.5 Å². The third-order valence-corrected chi connectivity index (χ3v) is 7.51. The summed E-state index contributed by atoms with van der Waals surface area (Å²) in [4.78, 5) is 27.6. The second-order valence-electron chi connectivity index (χ2n) is 9.25. The van der Waals surface area contributed by atoms with Crippen LogP contribution in [0.1, 0.15) is 0 Å². The fourth-order valence-electron chi connectivity index (χ4n) is 3.84. The van der Waals surface area contributed by atoms with Gasteiger partial charge in [0.25, 0.3) is 5.56 Å². The molecule has 0 spiro atoms. The van der Waals surface area contributed by atoms with E-state index in [0.717, 1.165) is 16.9 Å². The number of benzene rings is 2. The monoisotopic (exact) mass is 482 g/mol. The maximum absolute atomic E-state index is 12.9. The van der Waals surface area contributed by atoms with Crippen molar-refractivity contribution in [1.29, 1.82) is 0 Å². The van der Waals surface area contributed by atoms with Gasteiger partial charge in [-0.15, -0.1) is 0 Å². The van der Waals surface area contributed by atoms with Crippen molar-refractivity contribution in [3.8, 4) is 5.69 Å². The molecule has 0 radical (unpaired) electrons. The lowest BCUT2D eigenvalue weighted by Crippen LogP contribution is -2.28. The van der Waals surface area contributed by atoms with Crippen LogP contribution in [0.3, 0.4) is 0 Å². The SMILES string of the molecule is C[Si](C)(C)CCOCn1ncc2cc(-n3c(=O)[nH]c(=O)c4oc5ccc(Cl)cc5c43)ccc21. The average molecular weight is 483 g/mol. The van der Waals surface area contributed by atoms with Crippen molar-refractivity contribution in [3.63, 3.8) is 0 Å². The molecule has 8 nitrogen and oxygen atoms in total. The van der Waals surface area contributed by atoms with Gasteiger partial charge in [0.05, 0.1) is 17.4 Å². The first kappa shape index (κ1) is 21.7. The lowest BCUT2D eigenvalue weighted by atomic mass is 10.2. The van der Waals surface area contributed by atoms with Crippen molar-refractivity contribution in [2.75, 3.05) is 6.61 Å². The smallest absolute Gasteiger partial charge is 0.333 e. The van der Waals surface area contributed by atoms with Gasteiger partial charge in [0.1, 0.15) is 17.8 Å². The number of nitrogens with one attached hydrogen (secondary N) is 1. The first-order chi connectivity index (χ1) is 15.7. The van der Waals surface area contributed by atoms with Crippen molar-refractivity contribution in [3.05, 3.63) is 68.5 Å². The summed E-state index contributed by atoms with van der Waals surface area (Å²) >= 11 is 6.18. The summed E-state index contributed by atoms with van der Waals surface area (Å²) < 4.78 is 14.8. The highest BCUT2D eigenvalue weighted by atomic mass is 35.5. The summed E-state index contributed by atoms with van der Waals surface area (Å²) in [7, 11) is -1.16. The molecule has 1 N–H and O–H groups in total. The van der Waals surface area contributed by atoms with E-state index in [1.807, 2.05) is 18.2 Å². The third-order valence-electron chi connectivity index (χ3n) is 5.57. The highest BCUT2D eigenvalue weighted by Gasteiger charge is 2.18. The van der Waals surface area contributed by atoms with Crippen LogP contribution < -0.4 is 11.2 Å². The van der Waals surface area contributed by atoms with E-state index in [4.69, 9.17) is 20.8 Å². The van der Waals surface area contributed by atoms with Gasteiger partial charge in [-0.2, -0.15) is 5.10 Å². The van der Waals surface area contributed by atoms with Gasteiger partial charge in [0.15, 0.2) is 0 Å². The minimum atomic E-state index is -1.16. The fourth-order valence-corrected chi connectivity index (χ4v) is 4.77. The Morgan fingerprint density at radius 1 is 1.15 bits per heavy atom. The zero-order chi connectivity index (χ0) is 23.3. The van der Waals surface area contributed by atoms with Crippen molar-refractivity contribution >= 4 is 52.6 Å². The number of hydrogen-bond donors (Lipinski definition) is 1. The molecular weight excluding hydrogens is 460 g/mol. The maximum atomic E-state index is 12.9. The number of halogens is 1. The molecule has 5 aromatic rings. The third kappa shape index (κ3) is 4.03. The molecule has 33 heavy (non-hydrogen) atoms. The number of aromatic nitrogens is 4. The second kappa shape index (κ2) is 8.02. The van der Waals surface area contributed by atoms with E-state index < -0.39 is 19.3 Å². The molecule has 10 heteroatoms. The molecular formula is C23H23ClN4O4Si. The van der Waals surface area contributed by atoms with Gasteiger partial charge < -0.3 is 9.15 Å². The van der Waals surface area contributed by atoms with Gasteiger partial charge in [-0.25, -0.2) is 9.48 Å². The van der Waals surface area contributed by atoms with Gasteiger partial charge in [-0.3, -0.25) is 14.3 Å². The number of ether oxygens (including phenoxy) is 1. The molecule has 0 atom stereocenters. The van der Waals surface area contributed by atoms with Crippen LogP contribution in [0.25, 0.3) is 38.7 Å². The zero-order valence-corrected chi connectivity index (χ0v) is 20.3. The molecule has 0 bridgehead atoms. The average Bonchev–Trinajstić information content (AvgIpc) is 3.32. The van der Waals surface area contributed by atoms with Gasteiger partial charge in [0, 0.05) is 30.5 Å². The molecule has 0 fully saturated rings. The second-order valence-corrected chi connectivity index (χ2v) is 15.3. The van der Waals surface area contributed by atoms with Gasteiger partial charge >= 0.3 is 5.69 Å². The Morgan fingerprint density at radius 2 is 1.97 bits per heavy atom. The number of fused-ring (bicyclic) bond motifs is 4. The Labute approximate surface area is 194 Å². The summed E-state index contributed by atoms with van der Waals surface area (Å²) in [5, 5.41) is 6.35. The molecule has 0 aliphatic rings. The first-order valence-electron chi connectivity index (χ1n) is 10.6. The number of nitrogens with zero attached hydrogens (tertiary/aromatic N) is 3. The number of hydrogen-bond acceptors (Lipinski definition) is 5. The van der Waals surface area contributed by atoms with Crippen LogP contribution in [0.2, 0.25) is 30.7 Å². The summed E-state index contributed by atoms with van der Waals surface area (Å²) in [5.41, 5.74) is 1.25. The minimum Gasteiger partial charge on any atom is -0.449 e. The Bertz CT molecular complexity index is 1620. The molecule has 5 rings (SSSR count). The molecule has 0 unspecified atom stereocenters. The normalized spacial score (nSPS) is 12.4. The maximum Gasteiger partial charge on any atom is 0.333 e. The van der Waals surface area contributed by atoms with Crippen LogP contribution in [0.15, 0.2) is 56.6 Å². The van der Waals surface area contributed by atoms with E-state index in [1.54, 1.807) is 29.1 Å². The Hall–Kier alpha value is -3.14. The topological polar surface area (TPSA) is 95.0 Å². The van der Waals surface area contributed by atoms with E-state index in [1.165, 1.54) is 4.57 Å². The molecule has 0 saturated carbocycles. The van der Waals surface area contributed by atoms with Crippen LogP contribution in [-0.4, -0.2) is 34.0 Å². The first-order valence-corrected chi connectivity index (χ1v) is 14.7. The van der Waals surface area contributed by atoms with E-state index in [0.29, 0.717) is 40.5 Å². The molecule has 0 aliphatic carbocycles. The van der Waals surface area contributed by atoms with Gasteiger partial charge in [-0.05, 0) is 42.4 Å². The fraction of sp³-hybridized carbons (Fsp3) is 0.261. The molecule has 2 aromatic carbocycles. The summed E-state index contributed by atoms with van der Waals surface area (Å²) in [6.07, 6.45) is 1.74. The lowest BCUT2D eigenvalue weighted by molar-refractivity contribution is 0.0817. The molecule has 0 amide bonds. The summed E-state index contributed by atoms with van der Waals surface area (Å²) in [6, 6.07) is 11.7. The number of H-pyrrole nitrogens is 1. The number of furan rings is 1. The van der Waals surface area contributed by atoms with Crippen LogP contribution in [0.4, 0.5) is 0 Å². The summed E-state index contributed by atoms with van der Waals surface area (Å²) in [5.74, 6) is 0. The van der Waals surface area contributed by atoms with Crippen LogP contribution >= 0.6 is 11.6 Å². The van der Waals surface area contributed by atoms with Gasteiger partial charge in [-0.1, -0.05) is 31.2 Å². The van der Waals surface area contributed by atoms with Crippen molar-refractivity contribution in [2.24, 2.45) is 0 Å². The van der Waals surface area contributed by atoms with E-state index >= 15 is 0 Å². The molecule has 0 saturated heterocycles. The van der Waals surface area contributed by atoms with Crippen molar-refractivity contribution in [2.45, 2.75) is 32.4 Å². The quantitative estimate of drug-likeness (QED) is 0.278. The summed E-state index contributed by atoms with van der Waals surface area (Å²) in [6.45, 7) is 8.01. The van der Waals surface area contributed by atoms with Crippen LogP contribution in [0, 0.1) is 0 Å². The predicted molar refractivity (Wildman–Crippen MR) is 132 cm³/mol. The van der Waals surface area contributed by atoms with Gasteiger partial charge in [0.2, 0.25) is 5.58 Å². The largest absolute Gasteiger partial charge is 0.449 e. The van der Waals surface area contributed by atoms with Crippen molar-refractivity contribution < 1.29 is 9.15 Å². The van der Waals surface area contributed by atoms with E-state index in [-0.39, 0.29) is 5.58 Å². The Balaban J connectivity index is 1.58. The zero-order valence-electron chi connectivity index (χ0n) is 18.5. The minimum absolute atomic E-state index is 0.0680. The van der Waals surface area contributed by atoms with Crippen LogP contribution in [0.5, 0.6) is 0 Å². The Morgan fingerprint density at radius 3 is 2.76 bits per heavy atom. The molecule has 3 aromatic heterocycles. The van der Waals surface area contributed by atoms with E-state index in [9.17, 15) is 9.59 Å². The molecule has 3 heterocycles. The Kier molecular flexibility index (Phi) is 5.27. The van der Waals surface area contributed by atoms with Crippen molar-refractivity contribution in [1.82, 2.24) is 19.3 Å². The number of rotatable bonds is 6. The molecule has 170 valence electrons. The highest BCUT2D eigenvalue weighted by Crippen LogP contribution is 2.30. The van der Waals surface area contributed by atoms with E-state index in [2.05, 4.69) is 29.7 Å². The molecule has 0 aliphatic heterocycles.